The van der Waals surface area contributed by atoms with E-state index in [4.69, 9.17) is 11.6 Å². The van der Waals surface area contributed by atoms with Gasteiger partial charge in [-0.25, -0.2) is 4.98 Å². The van der Waals surface area contributed by atoms with E-state index in [0.717, 1.165) is 0 Å². The topological polar surface area (TPSA) is 72.0 Å². The number of hydrogen-bond acceptors (Lipinski definition) is 4. The summed E-state index contributed by atoms with van der Waals surface area (Å²) in [7, 11) is 0. The number of aromatic nitrogens is 2. The summed E-state index contributed by atoms with van der Waals surface area (Å²) in [5.41, 5.74) is 0.866. The molecule has 0 aliphatic rings. The monoisotopic (exact) mass is 275 g/mol. The molecule has 2 aromatic rings. The Balaban J connectivity index is 1.96. The van der Waals surface area contributed by atoms with E-state index in [2.05, 4.69) is 15.3 Å². The van der Waals surface area contributed by atoms with Crippen molar-refractivity contribution in [1.82, 2.24) is 15.3 Å². The predicted octanol–water partition coefficient (Wildman–Crippen LogP) is 1.74. The van der Waals surface area contributed by atoms with Crippen LogP contribution in [0.2, 0.25) is 5.15 Å². The van der Waals surface area contributed by atoms with Crippen molar-refractivity contribution >= 4 is 23.3 Å². The fraction of sp³-hybridized carbons (Fsp3) is 0.0769. The smallest absolute Gasteiger partial charge is 0.251 e. The van der Waals surface area contributed by atoms with E-state index in [9.17, 15) is 9.59 Å². The average Bonchev–Trinajstić information content (AvgIpc) is 2.45. The molecule has 1 amide bonds. The number of ketones is 1. The van der Waals surface area contributed by atoms with E-state index in [-0.39, 0.29) is 23.4 Å². The molecular weight excluding hydrogens is 266 g/mol. The van der Waals surface area contributed by atoms with Crippen LogP contribution in [0, 0.1) is 0 Å². The van der Waals surface area contributed by atoms with Crippen LogP contribution in [0.25, 0.3) is 0 Å². The molecular formula is C13H10ClN3O2. The maximum atomic E-state index is 11.8. The van der Waals surface area contributed by atoms with Crippen LogP contribution in [0.5, 0.6) is 0 Å². The van der Waals surface area contributed by atoms with Crippen molar-refractivity contribution in [3.8, 4) is 0 Å². The van der Waals surface area contributed by atoms with Gasteiger partial charge in [0.2, 0.25) is 0 Å². The van der Waals surface area contributed by atoms with Gasteiger partial charge in [0.25, 0.3) is 5.91 Å². The maximum Gasteiger partial charge on any atom is 0.251 e. The summed E-state index contributed by atoms with van der Waals surface area (Å²) in [5, 5.41) is 2.78. The van der Waals surface area contributed by atoms with Crippen LogP contribution in [0.4, 0.5) is 0 Å². The van der Waals surface area contributed by atoms with Crippen molar-refractivity contribution in [1.29, 1.82) is 0 Å². The Morgan fingerprint density at radius 1 is 1.11 bits per heavy atom. The highest BCUT2D eigenvalue weighted by molar-refractivity contribution is 6.29. The highest BCUT2D eigenvalue weighted by Gasteiger charge is 2.10. The Morgan fingerprint density at radius 3 is 2.47 bits per heavy atom. The third-order valence-corrected chi connectivity index (χ3v) is 2.61. The number of carbonyl (C=O) groups excluding carboxylic acids is 2. The molecule has 19 heavy (non-hydrogen) atoms. The molecule has 0 spiro atoms. The molecule has 0 aliphatic carbocycles. The summed E-state index contributed by atoms with van der Waals surface area (Å²) in [4.78, 5) is 31.1. The van der Waals surface area contributed by atoms with Gasteiger partial charge >= 0.3 is 0 Å². The van der Waals surface area contributed by atoms with Gasteiger partial charge in [-0.3, -0.25) is 14.6 Å². The highest BCUT2D eigenvalue weighted by Crippen LogP contribution is 2.07. The zero-order valence-corrected chi connectivity index (χ0v) is 10.6. The third kappa shape index (κ3) is 3.59. The molecule has 0 radical (unpaired) electrons. The Bertz CT molecular complexity index is 602. The molecule has 0 saturated carbocycles. The van der Waals surface area contributed by atoms with Gasteiger partial charge in [-0.05, 0) is 24.3 Å². The van der Waals surface area contributed by atoms with Crippen LogP contribution in [-0.4, -0.2) is 28.2 Å². The third-order valence-electron chi connectivity index (χ3n) is 2.40. The van der Waals surface area contributed by atoms with Crippen LogP contribution < -0.4 is 5.32 Å². The van der Waals surface area contributed by atoms with Crippen molar-refractivity contribution in [2.45, 2.75) is 0 Å². The number of pyridine rings is 2. The van der Waals surface area contributed by atoms with E-state index < -0.39 is 0 Å². The average molecular weight is 276 g/mol. The first kappa shape index (κ1) is 13.2. The lowest BCUT2D eigenvalue weighted by molar-refractivity contribution is 0.0904. The van der Waals surface area contributed by atoms with Gasteiger partial charge in [-0.2, -0.15) is 0 Å². The molecule has 0 aliphatic heterocycles. The number of halogens is 1. The Hall–Kier alpha value is -2.27. The molecule has 5 nitrogen and oxygen atoms in total. The minimum absolute atomic E-state index is 0.0957. The summed E-state index contributed by atoms with van der Waals surface area (Å²) in [5.74, 6) is -0.553. The lowest BCUT2D eigenvalue weighted by Gasteiger charge is -2.04. The SMILES string of the molecule is O=C(CNC(=O)c1ccncc1)c1ccnc(Cl)c1. The fourth-order valence-electron chi connectivity index (χ4n) is 1.44. The normalized spacial score (nSPS) is 9.95. The lowest BCUT2D eigenvalue weighted by atomic mass is 10.2. The van der Waals surface area contributed by atoms with E-state index in [1.165, 1.54) is 24.7 Å². The van der Waals surface area contributed by atoms with Crippen molar-refractivity contribution in [2.24, 2.45) is 0 Å². The van der Waals surface area contributed by atoms with Gasteiger partial charge in [-0.1, -0.05) is 11.6 Å². The molecule has 2 heterocycles. The van der Waals surface area contributed by atoms with Gasteiger partial charge in [0.1, 0.15) is 5.15 Å². The minimum Gasteiger partial charge on any atom is -0.345 e. The van der Waals surface area contributed by atoms with E-state index in [1.54, 1.807) is 18.2 Å². The molecule has 0 fully saturated rings. The van der Waals surface area contributed by atoms with Gasteiger partial charge in [0.05, 0.1) is 6.54 Å². The number of nitrogens with zero attached hydrogens (tertiary/aromatic N) is 2. The largest absolute Gasteiger partial charge is 0.345 e. The first-order valence-electron chi connectivity index (χ1n) is 5.50. The molecule has 96 valence electrons. The van der Waals surface area contributed by atoms with Crippen LogP contribution in [0.3, 0.4) is 0 Å². The van der Waals surface area contributed by atoms with Gasteiger partial charge in [0.15, 0.2) is 5.78 Å². The van der Waals surface area contributed by atoms with Crippen molar-refractivity contribution < 1.29 is 9.59 Å². The quantitative estimate of drug-likeness (QED) is 0.681. The number of nitrogens with one attached hydrogen (secondary N) is 1. The van der Waals surface area contributed by atoms with E-state index in [0.29, 0.717) is 11.1 Å². The standard InChI is InChI=1S/C13H10ClN3O2/c14-12-7-10(3-6-16-12)11(18)8-17-13(19)9-1-4-15-5-2-9/h1-7H,8H2,(H,17,19). The molecule has 0 saturated heterocycles. The van der Waals surface area contributed by atoms with Gasteiger partial charge in [0, 0.05) is 29.7 Å². The number of amides is 1. The summed E-state index contributed by atoms with van der Waals surface area (Å²) < 4.78 is 0. The fourth-order valence-corrected chi connectivity index (χ4v) is 1.62. The molecule has 0 aromatic carbocycles. The Kier molecular flexibility index (Phi) is 4.20. The Morgan fingerprint density at radius 2 is 1.79 bits per heavy atom. The molecule has 0 unspecified atom stereocenters. The van der Waals surface area contributed by atoms with Gasteiger partial charge < -0.3 is 5.32 Å². The zero-order valence-electron chi connectivity index (χ0n) is 9.84. The molecule has 6 heteroatoms. The number of hydrogen-bond donors (Lipinski definition) is 1. The zero-order chi connectivity index (χ0) is 13.7. The summed E-state index contributed by atoms with van der Waals surface area (Å²) in [6, 6.07) is 6.15. The molecule has 2 rings (SSSR count). The van der Waals surface area contributed by atoms with Crippen LogP contribution in [0.15, 0.2) is 42.9 Å². The van der Waals surface area contributed by atoms with E-state index >= 15 is 0 Å². The van der Waals surface area contributed by atoms with Gasteiger partial charge in [-0.15, -0.1) is 0 Å². The second kappa shape index (κ2) is 6.06. The van der Waals surface area contributed by atoms with Crippen molar-refractivity contribution in [3.05, 3.63) is 59.1 Å². The molecule has 2 aromatic heterocycles. The van der Waals surface area contributed by atoms with Crippen molar-refractivity contribution in [2.75, 3.05) is 6.54 Å². The first-order valence-corrected chi connectivity index (χ1v) is 5.87. The van der Waals surface area contributed by atoms with E-state index in [1.807, 2.05) is 0 Å². The molecule has 1 N–H and O–H groups in total. The second-order valence-corrected chi connectivity index (χ2v) is 4.10. The summed E-state index contributed by atoms with van der Waals surface area (Å²) in [6.07, 6.45) is 4.47. The Labute approximate surface area is 114 Å². The maximum absolute atomic E-state index is 11.8. The first-order chi connectivity index (χ1) is 9.16. The lowest BCUT2D eigenvalue weighted by Crippen LogP contribution is -2.29. The minimum atomic E-state index is -0.323. The number of carbonyl (C=O) groups is 2. The van der Waals surface area contributed by atoms with Crippen LogP contribution >= 0.6 is 11.6 Å². The van der Waals surface area contributed by atoms with Crippen LogP contribution in [0.1, 0.15) is 20.7 Å². The predicted molar refractivity (Wildman–Crippen MR) is 70.1 cm³/mol. The molecule has 0 bridgehead atoms. The summed E-state index contributed by atoms with van der Waals surface area (Å²) >= 11 is 5.69. The second-order valence-electron chi connectivity index (χ2n) is 3.71. The van der Waals surface area contributed by atoms with Crippen molar-refractivity contribution in [3.63, 3.8) is 0 Å². The van der Waals surface area contributed by atoms with Crippen LogP contribution in [-0.2, 0) is 0 Å². The molecule has 0 atom stereocenters. The number of rotatable bonds is 4. The summed E-state index contributed by atoms with van der Waals surface area (Å²) in [6.45, 7) is -0.0957. The highest BCUT2D eigenvalue weighted by atomic mass is 35.5. The number of Topliss-reactive ketones (excluding diaryl/α,β-unsaturated/α-hetero) is 1.